The number of fused-ring (bicyclic) bond motifs is 1. The molecule has 1 N–H and O–H groups in total. The molecular formula is C24H27N3O3. The first-order chi connectivity index (χ1) is 14.2. The van der Waals surface area contributed by atoms with Crippen molar-refractivity contribution in [3.05, 3.63) is 71.9 Å². The van der Waals surface area contributed by atoms with Crippen LogP contribution in [0.4, 0.5) is 11.4 Å². The van der Waals surface area contributed by atoms with E-state index < -0.39 is 0 Å². The van der Waals surface area contributed by atoms with Crippen molar-refractivity contribution < 1.29 is 14.3 Å². The summed E-state index contributed by atoms with van der Waals surface area (Å²) in [6.07, 6.45) is 2.01. The van der Waals surface area contributed by atoms with E-state index >= 15 is 0 Å². The number of likely N-dealkylation sites (N-methyl/N-ethyl adjacent to an activating group) is 1. The lowest BCUT2D eigenvalue weighted by molar-refractivity contribution is -0.116. The lowest BCUT2D eigenvalue weighted by atomic mass is 10.0. The molecule has 1 aliphatic heterocycles. The second-order valence-electron chi connectivity index (χ2n) is 7.44. The van der Waals surface area contributed by atoms with Crippen LogP contribution in [-0.4, -0.2) is 37.4 Å². The number of allylic oxidation sites excluding steroid dienone is 2. The fraction of sp³-hybridized carbons (Fsp3) is 0.250. The summed E-state index contributed by atoms with van der Waals surface area (Å²) in [6, 6.07) is 13.4. The molecule has 0 radical (unpaired) electrons. The predicted molar refractivity (Wildman–Crippen MR) is 120 cm³/mol. The number of rotatable bonds is 4. The number of carbonyl (C=O) groups is 2. The average molecular weight is 405 g/mol. The number of ether oxygens (including phenoxy) is 1. The minimum absolute atomic E-state index is 0.0237. The number of hydrogen-bond donors (Lipinski definition) is 1. The fourth-order valence-electron chi connectivity index (χ4n) is 3.25. The van der Waals surface area contributed by atoms with Crippen LogP contribution in [0.3, 0.4) is 0 Å². The summed E-state index contributed by atoms with van der Waals surface area (Å²) in [5.74, 6) is 0.617. The number of carbonyl (C=O) groups excluding carboxylic acids is 2. The van der Waals surface area contributed by atoms with Crippen molar-refractivity contribution in [1.29, 1.82) is 0 Å². The molecule has 0 saturated heterocycles. The molecule has 0 atom stereocenters. The van der Waals surface area contributed by atoms with E-state index in [4.69, 9.17) is 4.74 Å². The van der Waals surface area contributed by atoms with Crippen molar-refractivity contribution >= 4 is 28.8 Å². The Morgan fingerprint density at radius 2 is 1.97 bits per heavy atom. The molecule has 0 fully saturated rings. The molecule has 6 heteroatoms. The zero-order valence-electron chi connectivity index (χ0n) is 17.9. The summed E-state index contributed by atoms with van der Waals surface area (Å²) in [5.41, 5.74) is 5.35. The van der Waals surface area contributed by atoms with Gasteiger partial charge in [-0.25, -0.2) is 0 Å². The monoisotopic (exact) mass is 405 g/mol. The largest absolute Gasteiger partial charge is 0.487 e. The van der Waals surface area contributed by atoms with Crippen molar-refractivity contribution in [1.82, 2.24) is 4.90 Å². The van der Waals surface area contributed by atoms with Crippen LogP contribution >= 0.6 is 0 Å². The predicted octanol–water partition coefficient (Wildman–Crippen LogP) is 4.05. The highest BCUT2D eigenvalue weighted by Crippen LogP contribution is 2.30. The molecule has 0 unspecified atom stereocenters. The summed E-state index contributed by atoms with van der Waals surface area (Å²) in [5, 5.41) is 2.78. The maximum atomic E-state index is 11.7. The number of nitrogens with zero attached hydrogens (tertiary/aromatic N) is 2. The molecule has 2 aromatic carbocycles. The topological polar surface area (TPSA) is 61.9 Å². The second-order valence-corrected chi connectivity index (χ2v) is 7.44. The van der Waals surface area contributed by atoms with E-state index in [0.29, 0.717) is 18.8 Å². The van der Waals surface area contributed by atoms with Crippen molar-refractivity contribution in [2.45, 2.75) is 20.4 Å². The number of anilines is 2. The van der Waals surface area contributed by atoms with Crippen LogP contribution in [0, 0.1) is 0 Å². The van der Waals surface area contributed by atoms with Crippen LogP contribution in [0.2, 0.25) is 0 Å². The molecular weight excluding hydrogens is 378 g/mol. The van der Waals surface area contributed by atoms with E-state index in [9.17, 15) is 9.59 Å². The summed E-state index contributed by atoms with van der Waals surface area (Å²) in [7, 11) is 3.77. The van der Waals surface area contributed by atoms with Crippen molar-refractivity contribution in [3.63, 3.8) is 0 Å². The van der Waals surface area contributed by atoms with Gasteiger partial charge < -0.3 is 19.9 Å². The van der Waals surface area contributed by atoms with Gasteiger partial charge in [0.2, 0.25) is 11.8 Å². The van der Waals surface area contributed by atoms with E-state index in [2.05, 4.69) is 16.8 Å². The van der Waals surface area contributed by atoms with Gasteiger partial charge in [0.05, 0.1) is 5.70 Å². The standard InChI is InChI=1S/C24H27N3O3/c1-16(19-7-6-8-22(12-19)27(5)18(3)29)11-23-15-30-24-13-21(25-17(2)28)10-9-20(24)14-26(23)4/h6-13H,1,14-15H2,2-5H3,(H,25,28)/b23-11-. The molecule has 3 rings (SSSR count). The lowest BCUT2D eigenvalue weighted by Gasteiger charge is -2.20. The number of benzene rings is 2. The first-order valence-corrected chi connectivity index (χ1v) is 9.73. The minimum Gasteiger partial charge on any atom is -0.487 e. The zero-order chi connectivity index (χ0) is 21.8. The Bertz CT molecular complexity index is 1030. The van der Waals surface area contributed by atoms with Gasteiger partial charge in [0, 0.05) is 57.5 Å². The van der Waals surface area contributed by atoms with Gasteiger partial charge in [-0.1, -0.05) is 24.8 Å². The highest BCUT2D eigenvalue weighted by Gasteiger charge is 2.17. The smallest absolute Gasteiger partial charge is 0.223 e. The molecule has 0 bridgehead atoms. The van der Waals surface area contributed by atoms with Crippen LogP contribution in [0.15, 0.2) is 60.8 Å². The first-order valence-electron chi connectivity index (χ1n) is 9.73. The second kappa shape index (κ2) is 8.86. The third-order valence-corrected chi connectivity index (χ3v) is 5.08. The molecule has 0 aliphatic carbocycles. The average Bonchev–Trinajstić information content (AvgIpc) is 2.85. The highest BCUT2D eigenvalue weighted by molar-refractivity contribution is 5.91. The molecule has 1 aliphatic rings. The molecule has 6 nitrogen and oxygen atoms in total. The maximum Gasteiger partial charge on any atom is 0.223 e. The summed E-state index contributed by atoms with van der Waals surface area (Å²) >= 11 is 0. The number of nitrogens with one attached hydrogen (secondary N) is 1. The van der Waals surface area contributed by atoms with Crippen LogP contribution in [0.1, 0.15) is 25.0 Å². The Kier molecular flexibility index (Phi) is 6.26. The third-order valence-electron chi connectivity index (χ3n) is 5.08. The molecule has 1 heterocycles. The van der Waals surface area contributed by atoms with Crippen LogP contribution in [0.25, 0.3) is 5.57 Å². The van der Waals surface area contributed by atoms with E-state index in [1.807, 2.05) is 55.6 Å². The molecule has 2 amide bonds. The minimum atomic E-state index is -0.116. The molecule has 156 valence electrons. The summed E-state index contributed by atoms with van der Waals surface area (Å²) in [4.78, 5) is 26.7. The Labute approximate surface area is 177 Å². The molecule has 0 saturated carbocycles. The van der Waals surface area contributed by atoms with E-state index in [1.54, 1.807) is 11.9 Å². The van der Waals surface area contributed by atoms with Gasteiger partial charge in [-0.05, 0) is 35.4 Å². The van der Waals surface area contributed by atoms with Gasteiger partial charge >= 0.3 is 0 Å². The highest BCUT2D eigenvalue weighted by atomic mass is 16.5. The Hall–Kier alpha value is -3.54. The van der Waals surface area contributed by atoms with E-state index in [0.717, 1.165) is 33.8 Å². The van der Waals surface area contributed by atoms with Crippen molar-refractivity contribution in [2.75, 3.05) is 30.9 Å². The third kappa shape index (κ3) is 4.89. The maximum absolute atomic E-state index is 11.7. The van der Waals surface area contributed by atoms with Gasteiger partial charge in [-0.3, -0.25) is 9.59 Å². The van der Waals surface area contributed by atoms with Crippen LogP contribution in [0.5, 0.6) is 5.75 Å². The van der Waals surface area contributed by atoms with E-state index in [-0.39, 0.29) is 11.8 Å². The number of hydrogen-bond acceptors (Lipinski definition) is 4. The zero-order valence-corrected chi connectivity index (χ0v) is 17.9. The normalized spacial score (nSPS) is 14.4. The molecule has 0 spiro atoms. The Balaban J connectivity index is 1.81. The van der Waals surface area contributed by atoms with Gasteiger partial charge in [-0.15, -0.1) is 0 Å². The fourth-order valence-corrected chi connectivity index (χ4v) is 3.25. The first kappa shape index (κ1) is 21.2. The lowest BCUT2D eigenvalue weighted by Crippen LogP contribution is -2.22. The van der Waals surface area contributed by atoms with Crippen LogP contribution < -0.4 is 15.0 Å². The quantitative estimate of drug-likeness (QED) is 0.834. The Morgan fingerprint density at radius 1 is 1.20 bits per heavy atom. The number of amides is 2. The Morgan fingerprint density at radius 3 is 2.67 bits per heavy atom. The van der Waals surface area contributed by atoms with Crippen molar-refractivity contribution in [3.8, 4) is 5.75 Å². The molecule has 0 aromatic heterocycles. The molecule has 30 heavy (non-hydrogen) atoms. The van der Waals surface area contributed by atoms with Crippen LogP contribution in [-0.2, 0) is 16.1 Å². The summed E-state index contributed by atoms with van der Waals surface area (Å²) in [6.45, 7) is 8.31. The van der Waals surface area contributed by atoms with E-state index in [1.165, 1.54) is 13.8 Å². The summed E-state index contributed by atoms with van der Waals surface area (Å²) < 4.78 is 6.03. The molecule has 2 aromatic rings. The van der Waals surface area contributed by atoms with Gasteiger partial charge in [0.1, 0.15) is 12.4 Å². The van der Waals surface area contributed by atoms with Gasteiger partial charge in [-0.2, -0.15) is 0 Å². The van der Waals surface area contributed by atoms with Gasteiger partial charge in [0.15, 0.2) is 0 Å². The van der Waals surface area contributed by atoms with Gasteiger partial charge in [0.25, 0.3) is 0 Å². The van der Waals surface area contributed by atoms with Crippen molar-refractivity contribution in [2.24, 2.45) is 0 Å². The SMILES string of the molecule is C=C(/C=C1/COc2cc(NC(C)=O)ccc2CN1C)c1cccc(N(C)C(C)=O)c1.